The molecular formula is C12H24O3Si. The summed E-state index contributed by atoms with van der Waals surface area (Å²) in [6, 6.07) is 0. The maximum absolute atomic E-state index is 5.82. The summed E-state index contributed by atoms with van der Waals surface area (Å²) in [7, 11) is -1.47. The van der Waals surface area contributed by atoms with Crippen molar-refractivity contribution in [3.05, 3.63) is 0 Å². The van der Waals surface area contributed by atoms with Crippen molar-refractivity contribution in [1.29, 1.82) is 0 Å². The van der Waals surface area contributed by atoms with Crippen LogP contribution in [-0.2, 0) is 13.6 Å². The van der Waals surface area contributed by atoms with Crippen molar-refractivity contribution in [2.24, 2.45) is 5.92 Å². The van der Waals surface area contributed by atoms with Crippen LogP contribution in [0.3, 0.4) is 0 Å². The van der Waals surface area contributed by atoms with Crippen LogP contribution in [0.15, 0.2) is 0 Å². The molecular weight excluding hydrogens is 220 g/mol. The fourth-order valence-electron chi connectivity index (χ4n) is 2.81. The van der Waals surface area contributed by atoms with Crippen molar-refractivity contribution in [3.8, 4) is 0 Å². The summed E-state index contributed by atoms with van der Waals surface area (Å²) in [4.78, 5) is 0. The second-order valence-electron chi connectivity index (χ2n) is 4.92. The van der Waals surface area contributed by atoms with Gasteiger partial charge in [-0.15, -0.1) is 0 Å². The SMILES string of the molecule is CCO[SiH](OCC)C(C)C1CCC2OC2C1. The van der Waals surface area contributed by atoms with Crippen LogP contribution in [0.25, 0.3) is 0 Å². The molecule has 0 aromatic heterocycles. The Morgan fingerprint density at radius 1 is 1.19 bits per heavy atom. The predicted octanol–water partition coefficient (Wildman–Crippen LogP) is 2.24. The fourth-order valence-corrected chi connectivity index (χ4v) is 4.97. The van der Waals surface area contributed by atoms with Crippen molar-refractivity contribution in [3.63, 3.8) is 0 Å². The summed E-state index contributed by atoms with van der Waals surface area (Å²) < 4.78 is 17.2. The van der Waals surface area contributed by atoms with Gasteiger partial charge in [0.05, 0.1) is 12.2 Å². The van der Waals surface area contributed by atoms with Crippen molar-refractivity contribution >= 4 is 9.28 Å². The summed E-state index contributed by atoms with van der Waals surface area (Å²) in [5.41, 5.74) is 0.616. The molecule has 1 aliphatic heterocycles. The highest BCUT2D eigenvalue weighted by Gasteiger charge is 2.46. The molecule has 0 aromatic carbocycles. The monoisotopic (exact) mass is 244 g/mol. The molecule has 0 aromatic rings. The summed E-state index contributed by atoms with van der Waals surface area (Å²) in [6.45, 7) is 8.02. The molecule has 4 atom stereocenters. The molecule has 0 bridgehead atoms. The Morgan fingerprint density at radius 3 is 2.44 bits per heavy atom. The standard InChI is InChI=1S/C12H24O3Si/c1-4-13-16(14-5-2)9(3)10-6-7-11-12(8-10)15-11/h9-12,16H,4-8H2,1-3H3. The molecule has 94 valence electrons. The first-order valence-corrected chi connectivity index (χ1v) is 8.25. The number of ether oxygens (including phenoxy) is 1. The van der Waals surface area contributed by atoms with E-state index in [1.165, 1.54) is 19.3 Å². The molecule has 0 N–H and O–H groups in total. The second-order valence-corrected chi connectivity index (χ2v) is 7.38. The third-order valence-electron chi connectivity index (χ3n) is 3.88. The number of epoxide rings is 1. The molecule has 2 fully saturated rings. The van der Waals surface area contributed by atoms with E-state index in [0.29, 0.717) is 17.7 Å². The molecule has 1 saturated carbocycles. The second kappa shape index (κ2) is 5.62. The topological polar surface area (TPSA) is 31.0 Å². The van der Waals surface area contributed by atoms with Crippen molar-refractivity contribution in [2.75, 3.05) is 13.2 Å². The Bertz CT molecular complexity index is 216. The number of hydrogen-bond donors (Lipinski definition) is 0. The third-order valence-corrected chi connectivity index (χ3v) is 6.61. The van der Waals surface area contributed by atoms with E-state index < -0.39 is 9.28 Å². The quantitative estimate of drug-likeness (QED) is 0.530. The molecule has 1 heterocycles. The van der Waals surface area contributed by atoms with Crippen LogP contribution in [0.5, 0.6) is 0 Å². The molecule has 2 rings (SSSR count). The summed E-state index contributed by atoms with van der Waals surface area (Å²) in [5.74, 6) is 0.763. The lowest BCUT2D eigenvalue weighted by Crippen LogP contribution is -2.33. The van der Waals surface area contributed by atoms with E-state index in [0.717, 1.165) is 19.1 Å². The zero-order valence-electron chi connectivity index (χ0n) is 10.6. The van der Waals surface area contributed by atoms with Crippen molar-refractivity contribution < 1.29 is 13.6 Å². The average Bonchev–Trinajstić information content (AvgIpc) is 3.05. The van der Waals surface area contributed by atoms with E-state index in [-0.39, 0.29) is 0 Å². The van der Waals surface area contributed by atoms with Gasteiger partial charge >= 0.3 is 9.28 Å². The van der Waals surface area contributed by atoms with Crippen LogP contribution in [0.2, 0.25) is 5.54 Å². The lowest BCUT2D eigenvalue weighted by Gasteiger charge is -2.30. The van der Waals surface area contributed by atoms with Gasteiger partial charge in [-0.25, -0.2) is 0 Å². The van der Waals surface area contributed by atoms with E-state index in [1.54, 1.807) is 0 Å². The largest absolute Gasteiger partial charge is 0.397 e. The zero-order chi connectivity index (χ0) is 11.5. The van der Waals surface area contributed by atoms with Gasteiger partial charge < -0.3 is 13.6 Å². The molecule has 0 spiro atoms. The van der Waals surface area contributed by atoms with Crippen LogP contribution in [-0.4, -0.2) is 34.7 Å². The molecule has 1 saturated heterocycles. The molecule has 0 radical (unpaired) electrons. The Balaban J connectivity index is 1.84. The van der Waals surface area contributed by atoms with E-state index in [1.807, 2.05) is 0 Å². The number of fused-ring (bicyclic) bond motifs is 1. The van der Waals surface area contributed by atoms with E-state index in [2.05, 4.69) is 20.8 Å². The minimum Gasteiger partial charge on any atom is -0.397 e. The Hall–Kier alpha value is 0.0969. The first-order chi connectivity index (χ1) is 7.76. The van der Waals surface area contributed by atoms with Crippen LogP contribution < -0.4 is 0 Å². The van der Waals surface area contributed by atoms with Crippen molar-refractivity contribution in [1.82, 2.24) is 0 Å². The molecule has 16 heavy (non-hydrogen) atoms. The fraction of sp³-hybridized carbons (Fsp3) is 1.00. The average molecular weight is 244 g/mol. The van der Waals surface area contributed by atoms with Crippen molar-refractivity contribution in [2.45, 2.75) is 57.8 Å². The minimum atomic E-state index is -1.47. The van der Waals surface area contributed by atoms with Crippen LogP contribution in [0.4, 0.5) is 0 Å². The third kappa shape index (κ3) is 2.86. The molecule has 4 heteroatoms. The first kappa shape index (κ1) is 12.6. The normalized spacial score (nSPS) is 34.9. The summed E-state index contributed by atoms with van der Waals surface area (Å²) in [5, 5.41) is 0. The Labute approximate surface area is 100 Å². The Morgan fingerprint density at radius 2 is 1.88 bits per heavy atom. The van der Waals surface area contributed by atoms with Gasteiger partial charge in [-0.3, -0.25) is 0 Å². The lowest BCUT2D eigenvalue weighted by atomic mass is 9.87. The predicted molar refractivity (Wildman–Crippen MR) is 65.8 cm³/mol. The highest BCUT2D eigenvalue weighted by Crippen LogP contribution is 2.44. The van der Waals surface area contributed by atoms with Gasteiger partial charge in [0.15, 0.2) is 0 Å². The van der Waals surface area contributed by atoms with Crippen LogP contribution in [0.1, 0.15) is 40.0 Å². The van der Waals surface area contributed by atoms with Gasteiger partial charge in [-0.05, 0) is 44.6 Å². The molecule has 3 nitrogen and oxygen atoms in total. The number of hydrogen-bond acceptors (Lipinski definition) is 3. The van der Waals surface area contributed by atoms with Gasteiger partial charge in [0.2, 0.25) is 0 Å². The van der Waals surface area contributed by atoms with Crippen LogP contribution >= 0.6 is 0 Å². The molecule has 2 aliphatic rings. The first-order valence-electron chi connectivity index (χ1n) is 6.64. The number of rotatable bonds is 6. The van der Waals surface area contributed by atoms with E-state index >= 15 is 0 Å². The highest BCUT2D eigenvalue weighted by molar-refractivity contribution is 6.46. The Kier molecular flexibility index (Phi) is 4.41. The van der Waals surface area contributed by atoms with E-state index in [4.69, 9.17) is 13.6 Å². The zero-order valence-corrected chi connectivity index (χ0v) is 11.8. The molecule has 4 unspecified atom stereocenters. The smallest absolute Gasteiger partial charge is 0.324 e. The molecule has 0 amide bonds. The van der Waals surface area contributed by atoms with E-state index in [9.17, 15) is 0 Å². The summed E-state index contributed by atoms with van der Waals surface area (Å²) in [6.07, 6.45) is 4.95. The summed E-state index contributed by atoms with van der Waals surface area (Å²) >= 11 is 0. The van der Waals surface area contributed by atoms with Gasteiger partial charge in [-0.1, -0.05) is 6.92 Å². The van der Waals surface area contributed by atoms with Gasteiger partial charge in [-0.2, -0.15) is 0 Å². The highest BCUT2D eigenvalue weighted by atomic mass is 28.3. The molecule has 1 aliphatic carbocycles. The minimum absolute atomic E-state index is 0.569. The van der Waals surface area contributed by atoms with Gasteiger partial charge in [0.25, 0.3) is 0 Å². The van der Waals surface area contributed by atoms with Crippen LogP contribution in [0, 0.1) is 5.92 Å². The maximum atomic E-state index is 5.82. The lowest BCUT2D eigenvalue weighted by molar-refractivity contribution is 0.190. The maximum Gasteiger partial charge on any atom is 0.324 e. The van der Waals surface area contributed by atoms with Gasteiger partial charge in [0, 0.05) is 13.2 Å². The van der Waals surface area contributed by atoms with Gasteiger partial charge in [0.1, 0.15) is 0 Å².